The number of piperidine rings is 1. The number of nitrogens with zero attached hydrogens (tertiary/aromatic N) is 3. The molecule has 26 heavy (non-hydrogen) atoms. The van der Waals surface area contributed by atoms with E-state index in [1.807, 2.05) is 40.1 Å². The lowest BCUT2D eigenvalue weighted by Crippen LogP contribution is -2.48. The molecule has 1 aromatic rings. The first-order valence-electron chi connectivity index (χ1n) is 9.70. The maximum Gasteiger partial charge on any atom is 0.410 e. The van der Waals surface area contributed by atoms with Crippen molar-refractivity contribution in [2.75, 3.05) is 32.7 Å². The number of likely N-dealkylation sites (tertiary alicyclic amines) is 1. The molecule has 2 aliphatic heterocycles. The van der Waals surface area contributed by atoms with Gasteiger partial charge in [0.15, 0.2) is 0 Å². The smallest absolute Gasteiger partial charge is 0.410 e. The zero-order valence-corrected chi connectivity index (χ0v) is 15.6. The van der Waals surface area contributed by atoms with E-state index in [0.717, 1.165) is 50.9 Å². The Morgan fingerprint density at radius 2 is 1.85 bits per heavy atom. The molecular formula is C20H29N3O3. The van der Waals surface area contributed by atoms with Crippen molar-refractivity contribution >= 4 is 12.1 Å². The van der Waals surface area contributed by atoms with Gasteiger partial charge in [-0.05, 0) is 24.8 Å². The van der Waals surface area contributed by atoms with E-state index < -0.39 is 0 Å². The van der Waals surface area contributed by atoms with E-state index in [-0.39, 0.29) is 18.2 Å². The van der Waals surface area contributed by atoms with Gasteiger partial charge < -0.3 is 19.4 Å². The average Bonchev–Trinajstić information content (AvgIpc) is 3.06. The van der Waals surface area contributed by atoms with Crippen LogP contribution in [0.4, 0.5) is 9.59 Å². The number of rotatable bonds is 6. The number of hydrogen-bond acceptors (Lipinski definition) is 3. The van der Waals surface area contributed by atoms with Crippen molar-refractivity contribution in [3.63, 3.8) is 0 Å². The largest absolute Gasteiger partial charge is 0.445 e. The van der Waals surface area contributed by atoms with Gasteiger partial charge in [-0.1, -0.05) is 43.7 Å². The van der Waals surface area contributed by atoms with Gasteiger partial charge in [0.25, 0.3) is 0 Å². The van der Waals surface area contributed by atoms with Crippen molar-refractivity contribution in [2.24, 2.45) is 0 Å². The highest BCUT2D eigenvalue weighted by Gasteiger charge is 2.35. The third kappa shape index (κ3) is 4.48. The number of benzene rings is 1. The Balaban J connectivity index is 1.42. The molecule has 3 rings (SSSR count). The maximum atomic E-state index is 12.5. The van der Waals surface area contributed by atoms with Gasteiger partial charge in [0.05, 0.1) is 0 Å². The van der Waals surface area contributed by atoms with Crippen LogP contribution in [-0.2, 0) is 11.3 Å². The molecule has 0 aliphatic carbocycles. The second-order valence-corrected chi connectivity index (χ2v) is 7.07. The van der Waals surface area contributed by atoms with E-state index in [0.29, 0.717) is 19.7 Å². The first-order chi connectivity index (χ1) is 12.7. The number of carbonyl (C=O) groups is 2. The Kier molecular flexibility index (Phi) is 6.36. The van der Waals surface area contributed by atoms with E-state index in [4.69, 9.17) is 4.74 Å². The monoisotopic (exact) mass is 359 g/mol. The van der Waals surface area contributed by atoms with E-state index in [9.17, 15) is 9.59 Å². The molecule has 0 N–H and O–H groups in total. The molecule has 2 aliphatic rings. The summed E-state index contributed by atoms with van der Waals surface area (Å²) in [6.07, 6.45) is 3.56. The van der Waals surface area contributed by atoms with Crippen LogP contribution >= 0.6 is 0 Å². The predicted octanol–water partition coefficient (Wildman–Crippen LogP) is 3.33. The van der Waals surface area contributed by atoms with Gasteiger partial charge in [-0.2, -0.15) is 0 Å². The molecule has 0 aromatic heterocycles. The van der Waals surface area contributed by atoms with E-state index in [1.54, 1.807) is 4.90 Å². The van der Waals surface area contributed by atoms with Crippen LogP contribution < -0.4 is 0 Å². The fourth-order valence-corrected chi connectivity index (χ4v) is 3.67. The standard InChI is InChI=1S/C20H29N3O3/c1-2-3-11-21-14-15-23(19(21)24)18-9-12-22(13-10-18)20(25)26-16-17-7-5-4-6-8-17/h4-8,18H,2-3,9-16H2,1H3. The second-order valence-electron chi connectivity index (χ2n) is 7.07. The molecule has 142 valence electrons. The third-order valence-corrected chi connectivity index (χ3v) is 5.28. The summed E-state index contributed by atoms with van der Waals surface area (Å²) < 4.78 is 5.41. The minimum atomic E-state index is -0.260. The molecule has 0 radical (unpaired) electrons. The molecule has 3 amide bonds. The van der Waals surface area contributed by atoms with Crippen molar-refractivity contribution in [1.29, 1.82) is 0 Å². The van der Waals surface area contributed by atoms with Gasteiger partial charge in [-0.25, -0.2) is 9.59 Å². The van der Waals surface area contributed by atoms with Crippen LogP contribution in [0.2, 0.25) is 0 Å². The summed E-state index contributed by atoms with van der Waals surface area (Å²) in [6, 6.07) is 10.1. The van der Waals surface area contributed by atoms with Gasteiger partial charge in [-0.15, -0.1) is 0 Å². The summed E-state index contributed by atoms with van der Waals surface area (Å²) in [4.78, 5) is 30.5. The van der Waals surface area contributed by atoms with Gasteiger partial charge >= 0.3 is 12.1 Å². The van der Waals surface area contributed by atoms with Crippen LogP contribution in [-0.4, -0.2) is 65.6 Å². The highest BCUT2D eigenvalue weighted by Crippen LogP contribution is 2.22. The van der Waals surface area contributed by atoms with Crippen LogP contribution in [0, 0.1) is 0 Å². The van der Waals surface area contributed by atoms with Crippen LogP contribution in [0.5, 0.6) is 0 Å². The van der Waals surface area contributed by atoms with Crippen molar-refractivity contribution in [1.82, 2.24) is 14.7 Å². The topological polar surface area (TPSA) is 53.1 Å². The molecule has 2 heterocycles. The van der Waals surface area contributed by atoms with Gasteiger partial charge in [0, 0.05) is 38.8 Å². The molecule has 0 atom stereocenters. The Morgan fingerprint density at radius 1 is 1.12 bits per heavy atom. The minimum Gasteiger partial charge on any atom is -0.445 e. The summed E-state index contributed by atoms with van der Waals surface area (Å²) in [6.45, 7) is 6.25. The first-order valence-corrected chi connectivity index (χ1v) is 9.70. The lowest BCUT2D eigenvalue weighted by molar-refractivity contribution is 0.0761. The number of amides is 3. The third-order valence-electron chi connectivity index (χ3n) is 5.28. The van der Waals surface area contributed by atoms with Crippen molar-refractivity contribution in [2.45, 2.75) is 45.3 Å². The summed E-state index contributed by atoms with van der Waals surface area (Å²) in [7, 11) is 0. The lowest BCUT2D eigenvalue weighted by atomic mass is 10.0. The summed E-state index contributed by atoms with van der Waals surface area (Å²) in [5.41, 5.74) is 0.991. The minimum absolute atomic E-state index is 0.170. The second kappa shape index (κ2) is 8.92. The molecule has 6 nitrogen and oxygen atoms in total. The molecule has 0 saturated carbocycles. The number of carbonyl (C=O) groups excluding carboxylic acids is 2. The highest BCUT2D eigenvalue weighted by molar-refractivity contribution is 5.77. The average molecular weight is 359 g/mol. The van der Waals surface area contributed by atoms with Crippen molar-refractivity contribution in [3.8, 4) is 0 Å². The molecule has 0 unspecified atom stereocenters. The summed E-state index contributed by atoms with van der Waals surface area (Å²) in [5.74, 6) is 0. The van der Waals surface area contributed by atoms with Crippen LogP contribution in [0.15, 0.2) is 30.3 Å². The molecule has 0 spiro atoms. The normalized spacial score (nSPS) is 18.5. The van der Waals surface area contributed by atoms with Crippen LogP contribution in [0.25, 0.3) is 0 Å². The highest BCUT2D eigenvalue weighted by atomic mass is 16.6. The van der Waals surface area contributed by atoms with Crippen LogP contribution in [0.3, 0.4) is 0 Å². The Bertz CT molecular complexity index is 600. The Hall–Kier alpha value is -2.24. The summed E-state index contributed by atoms with van der Waals surface area (Å²) >= 11 is 0. The zero-order chi connectivity index (χ0) is 18.4. The van der Waals surface area contributed by atoms with E-state index in [1.165, 1.54) is 0 Å². The molecular weight excluding hydrogens is 330 g/mol. The first kappa shape index (κ1) is 18.5. The van der Waals surface area contributed by atoms with Gasteiger partial charge in [-0.3, -0.25) is 0 Å². The fraction of sp³-hybridized carbons (Fsp3) is 0.600. The van der Waals surface area contributed by atoms with Crippen molar-refractivity contribution < 1.29 is 14.3 Å². The Morgan fingerprint density at radius 3 is 2.54 bits per heavy atom. The van der Waals surface area contributed by atoms with Gasteiger partial charge in [0.2, 0.25) is 0 Å². The van der Waals surface area contributed by atoms with E-state index >= 15 is 0 Å². The van der Waals surface area contributed by atoms with E-state index in [2.05, 4.69) is 6.92 Å². The molecule has 2 fully saturated rings. The Labute approximate surface area is 155 Å². The maximum absolute atomic E-state index is 12.5. The van der Waals surface area contributed by atoms with Crippen molar-refractivity contribution in [3.05, 3.63) is 35.9 Å². The zero-order valence-electron chi connectivity index (χ0n) is 15.6. The summed E-state index contributed by atoms with van der Waals surface area (Å²) in [5, 5.41) is 0. The quantitative estimate of drug-likeness (QED) is 0.783. The predicted molar refractivity (Wildman–Crippen MR) is 99.8 cm³/mol. The van der Waals surface area contributed by atoms with Crippen LogP contribution in [0.1, 0.15) is 38.2 Å². The molecule has 6 heteroatoms. The SMILES string of the molecule is CCCCN1CCN(C2CCN(C(=O)OCc3ccccc3)CC2)C1=O. The fourth-order valence-electron chi connectivity index (χ4n) is 3.67. The number of urea groups is 1. The lowest BCUT2D eigenvalue weighted by Gasteiger charge is -2.36. The molecule has 0 bridgehead atoms. The number of ether oxygens (including phenoxy) is 1. The molecule has 2 saturated heterocycles. The van der Waals surface area contributed by atoms with Gasteiger partial charge in [0.1, 0.15) is 6.61 Å². The number of unbranched alkanes of at least 4 members (excludes halogenated alkanes) is 1. The molecule has 1 aromatic carbocycles. The number of hydrogen-bond donors (Lipinski definition) is 0.